The molecule has 2 rings (SSSR count). The van der Waals surface area contributed by atoms with Crippen LogP contribution in [0, 0.1) is 0 Å². The van der Waals surface area contributed by atoms with Gasteiger partial charge in [-0.1, -0.05) is 6.92 Å². The van der Waals surface area contributed by atoms with Gasteiger partial charge in [-0.3, -0.25) is 4.79 Å². The van der Waals surface area contributed by atoms with Crippen molar-refractivity contribution in [2.45, 2.75) is 19.4 Å². The minimum absolute atomic E-state index is 0.0495. The number of carbonyl (C=O) groups excluding carboxylic acids is 1. The molecule has 0 radical (unpaired) electrons. The molecule has 1 aliphatic rings. The summed E-state index contributed by atoms with van der Waals surface area (Å²) in [6, 6.07) is 5.27. The Kier molecular flexibility index (Phi) is 4.27. The molecule has 1 saturated heterocycles. The number of nitrogen functional groups attached to an aromatic ring is 1. The number of carbonyl (C=O) groups is 1. The van der Waals surface area contributed by atoms with Crippen LogP contribution >= 0.6 is 0 Å². The van der Waals surface area contributed by atoms with E-state index < -0.39 is 0 Å². The molecule has 0 aliphatic carbocycles. The molecule has 1 aromatic rings. The van der Waals surface area contributed by atoms with Crippen LogP contribution in [0.1, 0.15) is 23.7 Å². The molecule has 1 unspecified atom stereocenters. The minimum atomic E-state index is -0.0495. The van der Waals surface area contributed by atoms with Gasteiger partial charge in [0, 0.05) is 12.2 Å². The lowest BCUT2D eigenvalue weighted by atomic mass is 10.1. The predicted octanol–water partition coefficient (Wildman–Crippen LogP) is 1.53. The Balaban J connectivity index is 2.27. The molecule has 1 amide bonds. The van der Waals surface area contributed by atoms with E-state index in [-0.39, 0.29) is 11.9 Å². The van der Waals surface area contributed by atoms with E-state index in [0.29, 0.717) is 36.8 Å². The molecule has 1 atom stereocenters. The zero-order valence-corrected chi connectivity index (χ0v) is 11.4. The van der Waals surface area contributed by atoms with Gasteiger partial charge in [0.1, 0.15) is 5.75 Å². The quantitative estimate of drug-likeness (QED) is 0.841. The van der Waals surface area contributed by atoms with Crippen molar-refractivity contribution in [2.24, 2.45) is 0 Å². The number of hydrogen-bond donors (Lipinski definition) is 1. The van der Waals surface area contributed by atoms with Crippen LogP contribution in [0.15, 0.2) is 18.2 Å². The first-order chi connectivity index (χ1) is 9.17. The van der Waals surface area contributed by atoms with Crippen LogP contribution in [0.25, 0.3) is 0 Å². The van der Waals surface area contributed by atoms with E-state index in [1.54, 1.807) is 25.3 Å². The van der Waals surface area contributed by atoms with Gasteiger partial charge in [0.25, 0.3) is 5.91 Å². The third-order valence-electron chi connectivity index (χ3n) is 3.45. The van der Waals surface area contributed by atoms with E-state index in [0.717, 1.165) is 6.42 Å². The highest BCUT2D eigenvalue weighted by atomic mass is 16.5. The number of anilines is 1. The molecular weight excluding hydrogens is 244 g/mol. The molecule has 0 saturated carbocycles. The van der Waals surface area contributed by atoms with Crippen molar-refractivity contribution < 1.29 is 14.3 Å². The van der Waals surface area contributed by atoms with Crippen molar-refractivity contribution in [3.8, 4) is 5.75 Å². The van der Waals surface area contributed by atoms with Crippen molar-refractivity contribution >= 4 is 11.6 Å². The molecule has 1 fully saturated rings. The number of benzene rings is 1. The van der Waals surface area contributed by atoms with E-state index in [2.05, 4.69) is 6.92 Å². The van der Waals surface area contributed by atoms with E-state index in [9.17, 15) is 4.79 Å². The van der Waals surface area contributed by atoms with Gasteiger partial charge in [-0.05, 0) is 24.6 Å². The Labute approximate surface area is 113 Å². The summed E-state index contributed by atoms with van der Waals surface area (Å²) in [5.74, 6) is 0.588. The molecule has 1 aromatic carbocycles. The molecule has 1 heterocycles. The molecule has 5 heteroatoms. The summed E-state index contributed by atoms with van der Waals surface area (Å²) in [5, 5.41) is 0. The van der Waals surface area contributed by atoms with Crippen molar-refractivity contribution in [2.75, 3.05) is 32.6 Å². The first-order valence-corrected chi connectivity index (χ1v) is 6.49. The third kappa shape index (κ3) is 2.81. The standard InChI is InChI=1S/C14H20N2O3/c1-3-10-9-19-7-6-16(10)14(17)12-8-11(18-2)4-5-13(12)15/h4-5,8,10H,3,6-7,9,15H2,1-2H3. The fourth-order valence-corrected chi connectivity index (χ4v) is 2.26. The molecule has 1 aliphatic heterocycles. The van der Waals surface area contributed by atoms with Crippen LogP contribution < -0.4 is 10.5 Å². The predicted molar refractivity (Wildman–Crippen MR) is 73.3 cm³/mol. The fraction of sp³-hybridized carbons (Fsp3) is 0.500. The normalized spacial score (nSPS) is 19.3. The minimum Gasteiger partial charge on any atom is -0.497 e. The SMILES string of the molecule is CCC1COCCN1C(=O)c1cc(OC)ccc1N. The Hall–Kier alpha value is -1.75. The van der Waals surface area contributed by atoms with Gasteiger partial charge in [-0.15, -0.1) is 0 Å². The van der Waals surface area contributed by atoms with Gasteiger partial charge in [0.2, 0.25) is 0 Å². The number of morpholine rings is 1. The average molecular weight is 264 g/mol. The Bertz CT molecular complexity index is 462. The molecule has 5 nitrogen and oxygen atoms in total. The first-order valence-electron chi connectivity index (χ1n) is 6.49. The summed E-state index contributed by atoms with van der Waals surface area (Å²) >= 11 is 0. The summed E-state index contributed by atoms with van der Waals surface area (Å²) in [6.07, 6.45) is 0.871. The number of hydrogen-bond acceptors (Lipinski definition) is 4. The lowest BCUT2D eigenvalue weighted by Crippen LogP contribution is -2.48. The zero-order valence-electron chi connectivity index (χ0n) is 11.4. The van der Waals surface area contributed by atoms with Gasteiger partial charge in [0.15, 0.2) is 0 Å². The lowest BCUT2D eigenvalue weighted by molar-refractivity contribution is -0.00275. The third-order valence-corrected chi connectivity index (χ3v) is 3.45. The number of nitrogens with two attached hydrogens (primary N) is 1. The second-order valence-corrected chi connectivity index (χ2v) is 4.59. The van der Waals surface area contributed by atoms with Crippen LogP contribution in [-0.4, -0.2) is 43.7 Å². The van der Waals surface area contributed by atoms with Crippen LogP contribution in [0.5, 0.6) is 5.75 Å². The second-order valence-electron chi connectivity index (χ2n) is 4.59. The van der Waals surface area contributed by atoms with Crippen molar-refractivity contribution in [3.05, 3.63) is 23.8 Å². The fourth-order valence-electron chi connectivity index (χ4n) is 2.26. The maximum absolute atomic E-state index is 12.6. The monoisotopic (exact) mass is 264 g/mol. The number of rotatable bonds is 3. The smallest absolute Gasteiger partial charge is 0.256 e. The maximum Gasteiger partial charge on any atom is 0.256 e. The molecule has 2 N–H and O–H groups in total. The summed E-state index contributed by atoms with van der Waals surface area (Å²) in [5.41, 5.74) is 6.88. The zero-order chi connectivity index (χ0) is 13.8. The average Bonchev–Trinajstić information content (AvgIpc) is 2.47. The first kappa shape index (κ1) is 13.7. The molecule has 0 bridgehead atoms. The number of methoxy groups -OCH3 is 1. The van der Waals surface area contributed by atoms with Gasteiger partial charge in [-0.25, -0.2) is 0 Å². The molecular formula is C14H20N2O3. The topological polar surface area (TPSA) is 64.8 Å². The summed E-state index contributed by atoms with van der Waals surface area (Å²) in [7, 11) is 1.57. The summed E-state index contributed by atoms with van der Waals surface area (Å²) in [4.78, 5) is 14.4. The van der Waals surface area contributed by atoms with Gasteiger partial charge in [0.05, 0.1) is 31.9 Å². The van der Waals surface area contributed by atoms with Gasteiger partial charge >= 0.3 is 0 Å². The lowest BCUT2D eigenvalue weighted by Gasteiger charge is -2.35. The van der Waals surface area contributed by atoms with E-state index in [1.165, 1.54) is 0 Å². The van der Waals surface area contributed by atoms with E-state index in [4.69, 9.17) is 15.2 Å². The largest absolute Gasteiger partial charge is 0.497 e. The highest BCUT2D eigenvalue weighted by molar-refractivity contribution is 5.99. The van der Waals surface area contributed by atoms with Crippen molar-refractivity contribution in [3.63, 3.8) is 0 Å². The highest BCUT2D eigenvalue weighted by Crippen LogP contribution is 2.23. The van der Waals surface area contributed by atoms with Crippen molar-refractivity contribution in [1.82, 2.24) is 4.90 Å². The number of amides is 1. The molecule has 0 spiro atoms. The van der Waals surface area contributed by atoms with E-state index >= 15 is 0 Å². The van der Waals surface area contributed by atoms with Crippen LogP contribution in [0.3, 0.4) is 0 Å². The van der Waals surface area contributed by atoms with E-state index in [1.807, 2.05) is 4.90 Å². The summed E-state index contributed by atoms with van der Waals surface area (Å²) in [6.45, 7) is 3.82. The van der Waals surface area contributed by atoms with Gasteiger partial charge < -0.3 is 20.1 Å². The molecule has 104 valence electrons. The van der Waals surface area contributed by atoms with Crippen LogP contribution in [-0.2, 0) is 4.74 Å². The molecule has 19 heavy (non-hydrogen) atoms. The second kappa shape index (κ2) is 5.93. The highest BCUT2D eigenvalue weighted by Gasteiger charge is 2.28. The Morgan fingerprint density at radius 2 is 2.37 bits per heavy atom. The number of nitrogens with zero attached hydrogens (tertiary/aromatic N) is 1. The van der Waals surface area contributed by atoms with Gasteiger partial charge in [-0.2, -0.15) is 0 Å². The summed E-state index contributed by atoms with van der Waals surface area (Å²) < 4.78 is 10.6. The Morgan fingerprint density at radius 3 is 3.05 bits per heavy atom. The van der Waals surface area contributed by atoms with Crippen LogP contribution in [0.2, 0.25) is 0 Å². The van der Waals surface area contributed by atoms with Crippen molar-refractivity contribution in [1.29, 1.82) is 0 Å². The Morgan fingerprint density at radius 1 is 1.58 bits per heavy atom. The maximum atomic E-state index is 12.6. The molecule has 0 aromatic heterocycles. The number of ether oxygens (including phenoxy) is 2. The van der Waals surface area contributed by atoms with Crippen LogP contribution in [0.4, 0.5) is 5.69 Å².